The standard InChI is InChI=1S/C14H14N2O3S2/c1-11-16-13(10-20-11)9-15-21(18,19)14-6-2-4-12(8-14)5-3-7-17/h2,4,6,8,10,15,17H,7,9H2,1H3. The monoisotopic (exact) mass is 322 g/mol. The van der Waals surface area contributed by atoms with Gasteiger partial charge in [0, 0.05) is 10.9 Å². The topological polar surface area (TPSA) is 79.3 Å². The number of sulfonamides is 1. The van der Waals surface area contributed by atoms with Crippen molar-refractivity contribution in [1.29, 1.82) is 0 Å². The van der Waals surface area contributed by atoms with Crippen LogP contribution >= 0.6 is 11.3 Å². The highest BCUT2D eigenvalue weighted by Crippen LogP contribution is 2.13. The van der Waals surface area contributed by atoms with Crippen LogP contribution in [0.25, 0.3) is 0 Å². The molecule has 0 bridgehead atoms. The number of nitrogens with zero attached hydrogens (tertiary/aromatic N) is 1. The van der Waals surface area contributed by atoms with E-state index in [0.717, 1.165) is 5.01 Å². The molecule has 2 rings (SSSR count). The molecule has 0 aliphatic rings. The van der Waals surface area contributed by atoms with Gasteiger partial charge >= 0.3 is 0 Å². The summed E-state index contributed by atoms with van der Waals surface area (Å²) in [6, 6.07) is 6.27. The molecule has 0 atom stereocenters. The molecule has 0 amide bonds. The molecule has 1 aromatic heterocycles. The van der Waals surface area contributed by atoms with Crippen molar-refractivity contribution in [3.63, 3.8) is 0 Å². The van der Waals surface area contributed by atoms with Gasteiger partial charge in [0.25, 0.3) is 0 Å². The summed E-state index contributed by atoms with van der Waals surface area (Å²) in [4.78, 5) is 4.35. The van der Waals surface area contributed by atoms with Crippen molar-refractivity contribution in [2.45, 2.75) is 18.4 Å². The van der Waals surface area contributed by atoms with Gasteiger partial charge in [-0.05, 0) is 25.1 Å². The fourth-order valence-corrected chi connectivity index (χ4v) is 3.28. The summed E-state index contributed by atoms with van der Waals surface area (Å²) in [5, 5.41) is 11.4. The van der Waals surface area contributed by atoms with E-state index in [1.165, 1.54) is 23.5 Å². The number of rotatable bonds is 4. The number of aryl methyl sites for hydroxylation is 1. The number of aliphatic hydroxyl groups is 1. The third-order valence-corrected chi connectivity index (χ3v) is 4.79. The van der Waals surface area contributed by atoms with Crippen LogP contribution in [0.1, 0.15) is 16.3 Å². The number of aromatic nitrogens is 1. The zero-order valence-corrected chi connectivity index (χ0v) is 13.0. The van der Waals surface area contributed by atoms with Crippen molar-refractivity contribution < 1.29 is 13.5 Å². The summed E-state index contributed by atoms with van der Waals surface area (Å²) in [5.41, 5.74) is 1.23. The molecule has 1 heterocycles. The summed E-state index contributed by atoms with van der Waals surface area (Å²) in [7, 11) is -3.61. The minimum atomic E-state index is -3.61. The first-order chi connectivity index (χ1) is 10.0. The van der Waals surface area contributed by atoms with Crippen molar-refractivity contribution in [2.24, 2.45) is 0 Å². The Bertz CT molecular complexity index is 786. The van der Waals surface area contributed by atoms with Gasteiger partial charge in [-0.25, -0.2) is 18.1 Å². The highest BCUT2D eigenvalue weighted by atomic mass is 32.2. The fraction of sp³-hybridized carbons (Fsp3) is 0.214. The van der Waals surface area contributed by atoms with E-state index >= 15 is 0 Å². The van der Waals surface area contributed by atoms with Crippen molar-refractivity contribution in [3.05, 3.63) is 45.9 Å². The number of thiazole rings is 1. The van der Waals surface area contributed by atoms with Gasteiger partial charge in [-0.3, -0.25) is 0 Å². The number of hydrogen-bond acceptors (Lipinski definition) is 5. The maximum absolute atomic E-state index is 12.2. The first kappa shape index (κ1) is 15.7. The summed E-state index contributed by atoms with van der Waals surface area (Å²) >= 11 is 1.47. The van der Waals surface area contributed by atoms with E-state index in [1.807, 2.05) is 12.3 Å². The van der Waals surface area contributed by atoms with E-state index in [9.17, 15) is 8.42 Å². The highest BCUT2D eigenvalue weighted by Gasteiger charge is 2.14. The Labute approximate surface area is 127 Å². The lowest BCUT2D eigenvalue weighted by atomic mass is 10.2. The average molecular weight is 322 g/mol. The van der Waals surface area contributed by atoms with Gasteiger partial charge in [0.1, 0.15) is 6.61 Å². The van der Waals surface area contributed by atoms with Crippen LogP contribution in [-0.4, -0.2) is 25.1 Å². The van der Waals surface area contributed by atoms with E-state index in [2.05, 4.69) is 21.5 Å². The van der Waals surface area contributed by atoms with Crippen LogP contribution in [0, 0.1) is 18.8 Å². The van der Waals surface area contributed by atoms with Gasteiger partial charge < -0.3 is 5.11 Å². The summed E-state index contributed by atoms with van der Waals surface area (Å²) in [5.74, 6) is 5.17. The van der Waals surface area contributed by atoms with Gasteiger partial charge in [-0.2, -0.15) is 0 Å². The van der Waals surface area contributed by atoms with Crippen molar-refractivity contribution in [1.82, 2.24) is 9.71 Å². The Morgan fingerprint density at radius 1 is 1.43 bits per heavy atom. The maximum atomic E-state index is 12.2. The Morgan fingerprint density at radius 3 is 2.90 bits per heavy atom. The zero-order chi connectivity index (χ0) is 15.3. The number of benzene rings is 1. The molecule has 0 fully saturated rings. The number of aliphatic hydroxyl groups excluding tert-OH is 1. The smallest absolute Gasteiger partial charge is 0.240 e. The van der Waals surface area contributed by atoms with E-state index in [0.29, 0.717) is 11.3 Å². The van der Waals surface area contributed by atoms with Crippen LogP contribution in [0.3, 0.4) is 0 Å². The van der Waals surface area contributed by atoms with Gasteiger partial charge in [0.15, 0.2) is 0 Å². The largest absolute Gasteiger partial charge is 0.384 e. The van der Waals surface area contributed by atoms with E-state index in [1.54, 1.807) is 12.1 Å². The lowest BCUT2D eigenvalue weighted by Crippen LogP contribution is -2.23. The van der Waals surface area contributed by atoms with Crippen LogP contribution in [0.5, 0.6) is 0 Å². The normalized spacial score (nSPS) is 11.0. The lowest BCUT2D eigenvalue weighted by Gasteiger charge is -2.05. The highest BCUT2D eigenvalue weighted by molar-refractivity contribution is 7.89. The van der Waals surface area contributed by atoms with Crippen LogP contribution < -0.4 is 4.72 Å². The second kappa shape index (κ2) is 6.83. The molecule has 5 nitrogen and oxygen atoms in total. The molecule has 2 N–H and O–H groups in total. The molecule has 0 saturated heterocycles. The summed E-state index contributed by atoms with van der Waals surface area (Å²) in [6.45, 7) is 1.75. The van der Waals surface area contributed by atoms with Crippen molar-refractivity contribution in [3.8, 4) is 11.8 Å². The van der Waals surface area contributed by atoms with Crippen LogP contribution in [0.4, 0.5) is 0 Å². The third kappa shape index (κ3) is 4.37. The quantitative estimate of drug-likeness (QED) is 0.831. The molecular formula is C14H14N2O3S2. The molecule has 0 aliphatic carbocycles. The second-order valence-electron chi connectivity index (χ2n) is 4.17. The van der Waals surface area contributed by atoms with Gasteiger partial charge in [-0.1, -0.05) is 17.9 Å². The first-order valence-corrected chi connectivity index (χ1v) is 8.48. The molecule has 0 unspecified atom stereocenters. The Morgan fingerprint density at radius 2 is 2.24 bits per heavy atom. The van der Waals surface area contributed by atoms with Crippen LogP contribution in [0.2, 0.25) is 0 Å². The van der Waals surface area contributed by atoms with E-state index in [-0.39, 0.29) is 18.0 Å². The predicted octanol–water partition coefficient (Wildman–Crippen LogP) is 1.27. The van der Waals surface area contributed by atoms with Gasteiger partial charge in [-0.15, -0.1) is 11.3 Å². The fourth-order valence-electron chi connectivity index (χ4n) is 1.62. The Kier molecular flexibility index (Phi) is 5.09. The van der Waals surface area contributed by atoms with Crippen LogP contribution in [0.15, 0.2) is 34.5 Å². The zero-order valence-electron chi connectivity index (χ0n) is 11.3. The molecule has 0 spiro atoms. The van der Waals surface area contributed by atoms with Crippen molar-refractivity contribution in [2.75, 3.05) is 6.61 Å². The molecule has 0 radical (unpaired) electrons. The van der Waals surface area contributed by atoms with Crippen molar-refractivity contribution >= 4 is 21.4 Å². The molecular weight excluding hydrogens is 308 g/mol. The van der Waals surface area contributed by atoms with Gasteiger partial charge in [0.2, 0.25) is 10.0 Å². The van der Waals surface area contributed by atoms with Gasteiger partial charge in [0.05, 0.1) is 22.1 Å². The molecule has 21 heavy (non-hydrogen) atoms. The predicted molar refractivity (Wildman–Crippen MR) is 81.3 cm³/mol. The SMILES string of the molecule is Cc1nc(CNS(=O)(=O)c2cccc(C#CCO)c2)cs1. The molecule has 110 valence electrons. The van der Waals surface area contributed by atoms with E-state index in [4.69, 9.17) is 5.11 Å². The molecule has 0 aliphatic heterocycles. The minimum Gasteiger partial charge on any atom is -0.384 e. The molecule has 0 saturated carbocycles. The first-order valence-electron chi connectivity index (χ1n) is 6.12. The molecule has 1 aromatic carbocycles. The second-order valence-corrected chi connectivity index (χ2v) is 7.00. The molecule has 2 aromatic rings. The third-order valence-electron chi connectivity index (χ3n) is 2.57. The maximum Gasteiger partial charge on any atom is 0.240 e. The number of hydrogen-bond donors (Lipinski definition) is 2. The Balaban J connectivity index is 2.15. The Hall–Kier alpha value is -1.72. The minimum absolute atomic E-state index is 0.138. The average Bonchev–Trinajstić information content (AvgIpc) is 2.89. The lowest BCUT2D eigenvalue weighted by molar-refractivity contribution is 0.350. The summed E-state index contributed by atoms with van der Waals surface area (Å²) in [6.07, 6.45) is 0. The molecule has 7 heteroatoms. The number of nitrogens with one attached hydrogen (secondary N) is 1. The van der Waals surface area contributed by atoms with E-state index < -0.39 is 10.0 Å². The summed E-state index contributed by atoms with van der Waals surface area (Å²) < 4.78 is 26.9. The van der Waals surface area contributed by atoms with Crippen LogP contribution in [-0.2, 0) is 16.6 Å².